The fourth-order valence-electron chi connectivity index (χ4n) is 2.19. The molecule has 2 rings (SSSR count). The van der Waals surface area contributed by atoms with Gasteiger partial charge >= 0.3 is 5.97 Å². The molecule has 0 aliphatic carbocycles. The van der Waals surface area contributed by atoms with Crippen LogP contribution in [0.1, 0.15) is 18.5 Å². The third-order valence-electron chi connectivity index (χ3n) is 3.50. The van der Waals surface area contributed by atoms with E-state index in [0.717, 1.165) is 12.1 Å². The molecule has 23 heavy (non-hydrogen) atoms. The molecule has 122 valence electrons. The van der Waals surface area contributed by atoms with Gasteiger partial charge in [-0.25, -0.2) is 4.79 Å². The Hall–Kier alpha value is -2.47. The van der Waals surface area contributed by atoms with E-state index >= 15 is 0 Å². The van der Waals surface area contributed by atoms with Crippen molar-refractivity contribution < 1.29 is 9.53 Å². The molecule has 0 amide bonds. The number of benzene rings is 1. The van der Waals surface area contributed by atoms with E-state index in [1.54, 1.807) is 12.3 Å². The van der Waals surface area contributed by atoms with Gasteiger partial charge in [-0.05, 0) is 31.3 Å². The summed E-state index contributed by atoms with van der Waals surface area (Å²) in [6, 6.07) is 12.9. The third-order valence-corrected chi connectivity index (χ3v) is 3.50. The second-order valence-electron chi connectivity index (χ2n) is 5.09. The molecule has 1 N–H and O–H groups in total. The maximum absolute atomic E-state index is 12.4. The molecule has 1 aromatic carbocycles. The first kappa shape index (κ1) is 16.9. The Morgan fingerprint density at radius 2 is 2.04 bits per heavy atom. The summed E-state index contributed by atoms with van der Waals surface area (Å²) in [6.45, 7) is 3.53. The standard InChI is InChI=1S/C17H22N4O2/c1-3-21(2)16(14-8-5-4-6-9-14)17(22)23-13-12-18-15-10-7-11-19-20-15/h4-11,16H,3,12-13H2,1-2H3,(H,18,20)/t16-/m1/s1. The van der Waals surface area contributed by atoms with Crippen LogP contribution in [0.2, 0.25) is 0 Å². The fraction of sp³-hybridized carbons (Fsp3) is 0.353. The first-order chi connectivity index (χ1) is 11.2. The van der Waals surface area contributed by atoms with Crippen LogP contribution in [0.5, 0.6) is 0 Å². The van der Waals surface area contributed by atoms with Gasteiger partial charge in [0.2, 0.25) is 0 Å². The predicted molar refractivity (Wildman–Crippen MR) is 89.0 cm³/mol. The van der Waals surface area contributed by atoms with Gasteiger partial charge in [0, 0.05) is 6.20 Å². The summed E-state index contributed by atoms with van der Waals surface area (Å²) in [7, 11) is 1.91. The topological polar surface area (TPSA) is 67.3 Å². The van der Waals surface area contributed by atoms with Gasteiger partial charge in [0.25, 0.3) is 0 Å². The summed E-state index contributed by atoms with van der Waals surface area (Å²) in [5.41, 5.74) is 0.934. The number of nitrogens with zero attached hydrogens (tertiary/aromatic N) is 3. The molecule has 1 heterocycles. The van der Waals surface area contributed by atoms with E-state index in [-0.39, 0.29) is 12.6 Å². The number of rotatable bonds is 8. The molecule has 0 saturated carbocycles. The number of aromatic nitrogens is 2. The van der Waals surface area contributed by atoms with E-state index in [0.29, 0.717) is 12.4 Å². The lowest BCUT2D eigenvalue weighted by Crippen LogP contribution is -2.33. The van der Waals surface area contributed by atoms with E-state index < -0.39 is 6.04 Å². The van der Waals surface area contributed by atoms with Crippen molar-refractivity contribution in [3.8, 4) is 0 Å². The highest BCUT2D eigenvalue weighted by molar-refractivity contribution is 5.77. The minimum Gasteiger partial charge on any atom is -0.462 e. The maximum Gasteiger partial charge on any atom is 0.328 e. The molecule has 6 nitrogen and oxygen atoms in total. The number of hydrogen-bond acceptors (Lipinski definition) is 6. The molecule has 0 fully saturated rings. The lowest BCUT2D eigenvalue weighted by Gasteiger charge is -2.25. The highest BCUT2D eigenvalue weighted by Crippen LogP contribution is 2.20. The smallest absolute Gasteiger partial charge is 0.328 e. The van der Waals surface area contributed by atoms with Gasteiger partial charge in [0.05, 0.1) is 6.54 Å². The average Bonchev–Trinajstić information content (AvgIpc) is 2.60. The van der Waals surface area contributed by atoms with Crippen LogP contribution < -0.4 is 5.32 Å². The molecular weight excluding hydrogens is 292 g/mol. The van der Waals surface area contributed by atoms with E-state index in [1.165, 1.54) is 0 Å². The van der Waals surface area contributed by atoms with Crippen molar-refractivity contribution in [3.05, 3.63) is 54.2 Å². The molecule has 2 aromatic rings. The van der Waals surface area contributed by atoms with Gasteiger partial charge in [-0.3, -0.25) is 4.90 Å². The summed E-state index contributed by atoms with van der Waals surface area (Å²) in [5, 5.41) is 10.7. The summed E-state index contributed by atoms with van der Waals surface area (Å²) in [5.74, 6) is 0.412. The lowest BCUT2D eigenvalue weighted by atomic mass is 10.1. The normalized spacial score (nSPS) is 12.0. The number of carbonyl (C=O) groups excluding carboxylic acids is 1. The Morgan fingerprint density at radius 1 is 1.26 bits per heavy atom. The van der Waals surface area contributed by atoms with Crippen molar-refractivity contribution in [2.75, 3.05) is 32.1 Å². The van der Waals surface area contributed by atoms with Gasteiger partial charge in [0.15, 0.2) is 0 Å². The van der Waals surface area contributed by atoms with Crippen LogP contribution in [0.25, 0.3) is 0 Å². The van der Waals surface area contributed by atoms with Crippen LogP contribution in [0.4, 0.5) is 5.82 Å². The fourth-order valence-corrected chi connectivity index (χ4v) is 2.19. The average molecular weight is 314 g/mol. The molecule has 0 aliphatic rings. The van der Waals surface area contributed by atoms with Crippen LogP contribution in [-0.2, 0) is 9.53 Å². The van der Waals surface area contributed by atoms with Crippen LogP contribution in [0, 0.1) is 0 Å². The number of esters is 1. The molecule has 6 heteroatoms. The van der Waals surface area contributed by atoms with Crippen molar-refractivity contribution in [1.82, 2.24) is 15.1 Å². The quantitative estimate of drug-likeness (QED) is 0.595. The van der Waals surface area contributed by atoms with Crippen LogP contribution in [0.15, 0.2) is 48.7 Å². The molecule has 0 aliphatic heterocycles. The summed E-state index contributed by atoms with van der Waals surface area (Å²) in [6.07, 6.45) is 1.61. The predicted octanol–water partition coefficient (Wildman–Crippen LogP) is 2.12. The molecule has 0 bridgehead atoms. The molecular formula is C17H22N4O2. The maximum atomic E-state index is 12.4. The minimum absolute atomic E-state index is 0.249. The number of ether oxygens (including phenoxy) is 1. The Kier molecular flexibility index (Phi) is 6.50. The summed E-state index contributed by atoms with van der Waals surface area (Å²) in [4.78, 5) is 14.4. The molecule has 0 spiro atoms. The third kappa shape index (κ3) is 5.03. The molecule has 0 saturated heterocycles. The van der Waals surface area contributed by atoms with Crippen molar-refractivity contribution in [2.45, 2.75) is 13.0 Å². The number of likely N-dealkylation sites (N-methyl/N-ethyl adjacent to an activating group) is 1. The van der Waals surface area contributed by atoms with Crippen molar-refractivity contribution >= 4 is 11.8 Å². The first-order valence-electron chi connectivity index (χ1n) is 7.65. The lowest BCUT2D eigenvalue weighted by molar-refractivity contribution is -0.149. The second-order valence-corrected chi connectivity index (χ2v) is 5.09. The molecule has 0 unspecified atom stereocenters. The Labute approximate surface area is 136 Å². The number of nitrogens with one attached hydrogen (secondary N) is 1. The highest BCUT2D eigenvalue weighted by Gasteiger charge is 2.25. The second kappa shape index (κ2) is 8.85. The van der Waals surface area contributed by atoms with Crippen LogP contribution in [0.3, 0.4) is 0 Å². The zero-order chi connectivity index (χ0) is 16.5. The largest absolute Gasteiger partial charge is 0.462 e. The van der Waals surface area contributed by atoms with Gasteiger partial charge in [0.1, 0.15) is 18.5 Å². The molecule has 0 radical (unpaired) electrons. The molecule has 1 aromatic heterocycles. The van der Waals surface area contributed by atoms with Gasteiger partial charge < -0.3 is 10.1 Å². The van der Waals surface area contributed by atoms with Crippen molar-refractivity contribution in [3.63, 3.8) is 0 Å². The Bertz CT molecular complexity index is 592. The number of hydrogen-bond donors (Lipinski definition) is 1. The van der Waals surface area contributed by atoms with E-state index in [4.69, 9.17) is 4.74 Å². The zero-order valence-corrected chi connectivity index (χ0v) is 13.5. The first-order valence-corrected chi connectivity index (χ1v) is 7.65. The summed E-state index contributed by atoms with van der Waals surface area (Å²) < 4.78 is 5.41. The molecule has 1 atom stereocenters. The number of carbonyl (C=O) groups is 1. The monoisotopic (exact) mass is 314 g/mol. The minimum atomic E-state index is -0.391. The van der Waals surface area contributed by atoms with Crippen LogP contribution in [-0.4, -0.2) is 47.8 Å². The van der Waals surface area contributed by atoms with Crippen molar-refractivity contribution in [2.24, 2.45) is 0 Å². The van der Waals surface area contributed by atoms with Crippen molar-refractivity contribution in [1.29, 1.82) is 0 Å². The highest BCUT2D eigenvalue weighted by atomic mass is 16.5. The van der Waals surface area contributed by atoms with Gasteiger partial charge in [-0.1, -0.05) is 37.3 Å². The summed E-state index contributed by atoms with van der Waals surface area (Å²) >= 11 is 0. The van der Waals surface area contributed by atoms with E-state index in [1.807, 2.05) is 55.3 Å². The van der Waals surface area contributed by atoms with E-state index in [2.05, 4.69) is 15.5 Å². The van der Waals surface area contributed by atoms with Gasteiger partial charge in [-0.2, -0.15) is 5.10 Å². The van der Waals surface area contributed by atoms with Crippen LogP contribution >= 0.6 is 0 Å². The Balaban J connectivity index is 1.88. The Morgan fingerprint density at radius 3 is 2.70 bits per heavy atom. The SMILES string of the molecule is CCN(C)[C@@H](C(=O)OCCNc1cccnn1)c1ccccc1. The van der Waals surface area contributed by atoms with Gasteiger partial charge in [-0.15, -0.1) is 5.10 Å². The zero-order valence-electron chi connectivity index (χ0n) is 13.5. The number of anilines is 1. The van der Waals surface area contributed by atoms with E-state index in [9.17, 15) is 4.79 Å².